The number of carbonyl (C=O) groups excluding carboxylic acids is 1. The highest BCUT2D eigenvalue weighted by Gasteiger charge is 2.28. The first-order valence-corrected chi connectivity index (χ1v) is 10.5. The maximum absolute atomic E-state index is 14.6. The van der Waals surface area contributed by atoms with Gasteiger partial charge >= 0.3 is 0 Å². The van der Waals surface area contributed by atoms with Crippen LogP contribution in [0.3, 0.4) is 0 Å². The van der Waals surface area contributed by atoms with Crippen LogP contribution < -0.4 is 11.0 Å². The summed E-state index contributed by atoms with van der Waals surface area (Å²) >= 11 is 0. The van der Waals surface area contributed by atoms with Crippen molar-refractivity contribution >= 4 is 26.6 Å². The highest BCUT2D eigenvalue weighted by Crippen LogP contribution is 2.25. The quantitative estimate of drug-likeness (QED) is 0.462. The summed E-state index contributed by atoms with van der Waals surface area (Å²) in [5.41, 5.74) is 1.98. The molecule has 0 saturated carbocycles. The molecule has 1 atom stereocenters. The molecule has 1 amide bonds. The number of sulfone groups is 1. The lowest BCUT2D eigenvalue weighted by atomic mass is 10.0. The third kappa shape index (κ3) is 4.33. The lowest BCUT2D eigenvalue weighted by Crippen LogP contribution is -2.39. The van der Waals surface area contributed by atoms with E-state index in [2.05, 4.69) is 4.98 Å². The summed E-state index contributed by atoms with van der Waals surface area (Å²) < 4.78 is 39.2. The van der Waals surface area contributed by atoms with E-state index >= 15 is 0 Å². The number of aryl methyl sites for hydroxylation is 1. The molecule has 1 aromatic heterocycles. The van der Waals surface area contributed by atoms with Crippen LogP contribution in [0.4, 0.5) is 4.39 Å². The van der Waals surface area contributed by atoms with Crippen molar-refractivity contribution in [2.75, 3.05) is 6.26 Å². The maximum atomic E-state index is 14.6. The summed E-state index contributed by atoms with van der Waals surface area (Å²) in [6.45, 7) is -0.158. The standard InChI is InChI=1S/C19H18FN3O5S/c1-29(27,28)17(18(24)22-26)7-8-23-11-21-16-10-13(12-5-3-2-4-6-12)15(20)9-14(16)19(23)25/h2-6,9-11,17,26H,7-8H2,1H3,(H,22,24)/t17-/m1/s1. The summed E-state index contributed by atoms with van der Waals surface area (Å²) in [5.74, 6) is -1.68. The van der Waals surface area contributed by atoms with Gasteiger partial charge in [-0.1, -0.05) is 30.3 Å². The second kappa shape index (κ2) is 8.10. The Labute approximate surface area is 165 Å². The number of nitrogens with one attached hydrogen (secondary N) is 1. The van der Waals surface area contributed by atoms with E-state index in [4.69, 9.17) is 5.21 Å². The highest BCUT2D eigenvalue weighted by atomic mass is 32.2. The molecule has 29 heavy (non-hydrogen) atoms. The predicted molar refractivity (Wildman–Crippen MR) is 105 cm³/mol. The molecule has 0 fully saturated rings. The van der Waals surface area contributed by atoms with E-state index in [1.807, 2.05) is 0 Å². The fourth-order valence-electron chi connectivity index (χ4n) is 3.05. The molecule has 1 heterocycles. The van der Waals surface area contributed by atoms with Gasteiger partial charge in [0.25, 0.3) is 11.5 Å². The molecule has 8 nitrogen and oxygen atoms in total. The SMILES string of the molecule is CS(=O)(=O)[C@H](CCn1cnc2cc(-c3ccccc3)c(F)cc2c1=O)C(=O)NO. The fourth-order valence-corrected chi connectivity index (χ4v) is 4.02. The smallest absolute Gasteiger partial charge is 0.261 e. The predicted octanol–water partition coefficient (Wildman–Crippen LogP) is 1.51. The van der Waals surface area contributed by atoms with Crippen LogP contribution >= 0.6 is 0 Å². The molecule has 0 spiro atoms. The summed E-state index contributed by atoms with van der Waals surface area (Å²) in [6.07, 6.45) is 1.81. The van der Waals surface area contributed by atoms with E-state index in [9.17, 15) is 22.4 Å². The van der Waals surface area contributed by atoms with Crippen molar-refractivity contribution in [3.63, 3.8) is 0 Å². The van der Waals surface area contributed by atoms with Crippen molar-refractivity contribution in [3.8, 4) is 11.1 Å². The van der Waals surface area contributed by atoms with Crippen LogP contribution in [-0.4, -0.2) is 40.6 Å². The molecular formula is C19H18FN3O5S. The molecular weight excluding hydrogens is 401 g/mol. The van der Waals surface area contributed by atoms with Gasteiger partial charge in [0.2, 0.25) is 0 Å². The summed E-state index contributed by atoms with van der Waals surface area (Å²) in [4.78, 5) is 28.5. The van der Waals surface area contributed by atoms with Gasteiger partial charge in [0.15, 0.2) is 9.84 Å². The van der Waals surface area contributed by atoms with E-state index in [-0.39, 0.29) is 18.4 Å². The second-order valence-electron chi connectivity index (χ2n) is 6.54. The number of amides is 1. The number of nitrogens with zero attached hydrogens (tertiary/aromatic N) is 2. The van der Waals surface area contributed by atoms with Crippen LogP contribution in [0.15, 0.2) is 53.6 Å². The molecule has 152 valence electrons. The monoisotopic (exact) mass is 419 g/mol. The zero-order valence-corrected chi connectivity index (χ0v) is 16.2. The minimum atomic E-state index is -3.81. The Hall–Kier alpha value is -3.11. The number of hydrogen-bond acceptors (Lipinski definition) is 6. The van der Waals surface area contributed by atoms with Crippen molar-refractivity contribution in [2.24, 2.45) is 0 Å². The molecule has 2 aromatic carbocycles. The molecule has 0 aliphatic carbocycles. The summed E-state index contributed by atoms with van der Waals surface area (Å²) in [7, 11) is -3.81. The summed E-state index contributed by atoms with van der Waals surface area (Å²) in [5, 5.41) is 7.23. The number of halogens is 1. The van der Waals surface area contributed by atoms with Crippen molar-refractivity contribution in [3.05, 3.63) is 65.0 Å². The number of hydroxylamine groups is 1. The molecule has 0 bridgehead atoms. The van der Waals surface area contributed by atoms with E-state index < -0.39 is 32.4 Å². The van der Waals surface area contributed by atoms with Crippen molar-refractivity contribution in [1.82, 2.24) is 15.0 Å². The van der Waals surface area contributed by atoms with Gasteiger partial charge in [-0.2, -0.15) is 0 Å². The Morgan fingerprint density at radius 3 is 2.59 bits per heavy atom. The lowest BCUT2D eigenvalue weighted by Gasteiger charge is -2.14. The van der Waals surface area contributed by atoms with Crippen LogP contribution in [0.25, 0.3) is 22.0 Å². The zero-order chi connectivity index (χ0) is 21.2. The molecule has 2 N–H and O–H groups in total. The van der Waals surface area contributed by atoms with Gasteiger partial charge in [0.1, 0.15) is 11.1 Å². The molecule has 0 radical (unpaired) electrons. The molecule has 0 saturated heterocycles. The highest BCUT2D eigenvalue weighted by molar-refractivity contribution is 7.92. The van der Waals surface area contributed by atoms with Gasteiger partial charge < -0.3 is 0 Å². The number of aromatic nitrogens is 2. The normalized spacial score (nSPS) is 12.7. The number of benzene rings is 2. The van der Waals surface area contributed by atoms with Gasteiger partial charge in [-0.3, -0.25) is 19.4 Å². The van der Waals surface area contributed by atoms with Crippen LogP contribution in [-0.2, 0) is 21.2 Å². The molecule has 3 aromatic rings. The first-order valence-electron chi connectivity index (χ1n) is 8.59. The fraction of sp³-hybridized carbons (Fsp3) is 0.211. The second-order valence-corrected chi connectivity index (χ2v) is 8.77. The molecule has 0 aliphatic rings. The Morgan fingerprint density at radius 2 is 1.97 bits per heavy atom. The zero-order valence-electron chi connectivity index (χ0n) is 15.4. The lowest BCUT2D eigenvalue weighted by molar-refractivity contribution is -0.128. The molecule has 0 aliphatic heterocycles. The van der Waals surface area contributed by atoms with Crippen molar-refractivity contribution in [2.45, 2.75) is 18.2 Å². The topological polar surface area (TPSA) is 118 Å². The van der Waals surface area contributed by atoms with Crippen LogP contribution in [0.1, 0.15) is 6.42 Å². The Bertz CT molecular complexity index is 1230. The van der Waals surface area contributed by atoms with Crippen LogP contribution in [0.5, 0.6) is 0 Å². The number of carbonyl (C=O) groups is 1. The number of hydrogen-bond donors (Lipinski definition) is 2. The molecule has 0 unspecified atom stereocenters. The van der Waals surface area contributed by atoms with Gasteiger partial charge in [-0.25, -0.2) is 23.3 Å². The first-order chi connectivity index (χ1) is 13.7. The Morgan fingerprint density at radius 1 is 1.28 bits per heavy atom. The van der Waals surface area contributed by atoms with E-state index in [0.717, 1.165) is 16.9 Å². The Balaban J connectivity index is 1.96. The minimum absolute atomic E-state index is 0.0344. The van der Waals surface area contributed by atoms with E-state index in [0.29, 0.717) is 16.6 Å². The van der Waals surface area contributed by atoms with Crippen molar-refractivity contribution in [1.29, 1.82) is 0 Å². The van der Waals surface area contributed by atoms with Gasteiger partial charge in [-0.15, -0.1) is 0 Å². The summed E-state index contributed by atoms with van der Waals surface area (Å²) in [6, 6.07) is 11.4. The third-order valence-electron chi connectivity index (χ3n) is 4.55. The maximum Gasteiger partial charge on any atom is 0.261 e. The molecule has 10 heteroatoms. The van der Waals surface area contributed by atoms with Crippen LogP contribution in [0.2, 0.25) is 0 Å². The first kappa shape index (κ1) is 20.6. The van der Waals surface area contributed by atoms with Crippen molar-refractivity contribution < 1.29 is 22.8 Å². The Kier molecular flexibility index (Phi) is 5.76. The number of rotatable bonds is 6. The largest absolute Gasteiger partial charge is 0.299 e. The third-order valence-corrected chi connectivity index (χ3v) is 6.03. The van der Waals surface area contributed by atoms with Gasteiger partial charge in [-0.05, 0) is 24.1 Å². The van der Waals surface area contributed by atoms with E-state index in [1.165, 1.54) is 17.9 Å². The average molecular weight is 419 g/mol. The van der Waals surface area contributed by atoms with Gasteiger partial charge in [0, 0.05) is 18.4 Å². The van der Waals surface area contributed by atoms with Gasteiger partial charge in [0.05, 0.1) is 17.2 Å². The number of fused-ring (bicyclic) bond motifs is 1. The van der Waals surface area contributed by atoms with Crippen LogP contribution in [0, 0.1) is 5.82 Å². The minimum Gasteiger partial charge on any atom is -0.299 e. The molecule has 3 rings (SSSR count). The van der Waals surface area contributed by atoms with E-state index in [1.54, 1.807) is 30.3 Å². The average Bonchev–Trinajstić information content (AvgIpc) is 2.69.